The molecule has 0 atom stereocenters. The van der Waals surface area contributed by atoms with Crippen molar-refractivity contribution in [3.63, 3.8) is 0 Å². The highest BCUT2D eigenvalue weighted by atomic mass is 35.5. The fourth-order valence-electron chi connectivity index (χ4n) is 3.11. The summed E-state index contributed by atoms with van der Waals surface area (Å²) in [7, 11) is -4.31. The van der Waals surface area contributed by atoms with Gasteiger partial charge in [0.1, 0.15) is 10.8 Å². The van der Waals surface area contributed by atoms with Crippen LogP contribution in [-0.4, -0.2) is 45.8 Å². The highest BCUT2D eigenvalue weighted by Gasteiger charge is 2.29. The maximum atomic E-state index is 14.6. The molecule has 3 aromatic rings. The second-order valence-corrected chi connectivity index (χ2v) is 10.8. The fraction of sp³-hybridized carbons (Fsp3) is 0.286. The van der Waals surface area contributed by atoms with E-state index in [4.69, 9.17) is 11.6 Å². The number of pyridine rings is 1. The molecule has 0 saturated carbocycles. The van der Waals surface area contributed by atoms with E-state index in [1.165, 1.54) is 24.3 Å². The summed E-state index contributed by atoms with van der Waals surface area (Å²) in [5, 5.41) is 13.3. The van der Waals surface area contributed by atoms with Gasteiger partial charge < -0.3 is 10.0 Å². The lowest BCUT2D eigenvalue weighted by Gasteiger charge is -2.27. The highest BCUT2D eigenvalue weighted by molar-refractivity contribution is 7.91. The molecule has 33 heavy (non-hydrogen) atoms. The Morgan fingerprint density at radius 3 is 2.48 bits per heavy atom. The molecular weight excluding hydrogens is 478 g/mol. The van der Waals surface area contributed by atoms with Crippen LogP contribution in [-0.2, 0) is 16.4 Å². The van der Waals surface area contributed by atoms with E-state index in [-0.39, 0.29) is 34.2 Å². The zero-order valence-electron chi connectivity index (χ0n) is 18.0. The maximum Gasteiger partial charge on any atom is 0.407 e. The van der Waals surface area contributed by atoms with Crippen LogP contribution in [0.3, 0.4) is 0 Å². The minimum atomic E-state index is -4.31. The summed E-state index contributed by atoms with van der Waals surface area (Å²) in [6.45, 7) is 5.39. The Balaban J connectivity index is 2.17. The first-order chi connectivity index (χ1) is 15.3. The van der Waals surface area contributed by atoms with E-state index in [0.29, 0.717) is 0 Å². The standard InChI is InChI=1S/C21H21ClF2N4O4S/c1-21(2,3)12-27(20(29)30)11-13-9-18(33(31,32)14-7-8-17(22)25-10-14)28(26-13)16-6-4-5-15(23)19(16)24/h4-10H,11-12H2,1-3H3,(H,29,30). The average molecular weight is 499 g/mol. The van der Waals surface area contributed by atoms with Crippen molar-refractivity contribution in [1.82, 2.24) is 19.7 Å². The lowest BCUT2D eigenvalue weighted by Crippen LogP contribution is -2.36. The van der Waals surface area contributed by atoms with Crippen molar-refractivity contribution in [2.75, 3.05) is 6.54 Å². The van der Waals surface area contributed by atoms with Crippen LogP contribution in [0.1, 0.15) is 26.5 Å². The minimum Gasteiger partial charge on any atom is -0.465 e. The maximum absolute atomic E-state index is 14.6. The highest BCUT2D eigenvalue weighted by Crippen LogP contribution is 2.27. The molecule has 0 aliphatic carbocycles. The predicted molar refractivity (Wildman–Crippen MR) is 116 cm³/mol. The zero-order valence-corrected chi connectivity index (χ0v) is 19.5. The normalized spacial score (nSPS) is 12.1. The molecular formula is C21H21ClF2N4O4S. The molecule has 2 aromatic heterocycles. The summed E-state index contributed by atoms with van der Waals surface area (Å²) in [6, 6.07) is 6.88. The molecule has 1 amide bonds. The number of nitrogens with zero attached hydrogens (tertiary/aromatic N) is 4. The molecule has 2 heterocycles. The molecule has 12 heteroatoms. The second-order valence-electron chi connectivity index (χ2n) is 8.48. The van der Waals surface area contributed by atoms with Crippen LogP contribution < -0.4 is 0 Å². The smallest absolute Gasteiger partial charge is 0.407 e. The van der Waals surface area contributed by atoms with Gasteiger partial charge in [-0.2, -0.15) is 5.10 Å². The molecule has 8 nitrogen and oxygen atoms in total. The van der Waals surface area contributed by atoms with Gasteiger partial charge in [-0.25, -0.2) is 31.7 Å². The first-order valence-electron chi connectivity index (χ1n) is 9.67. The monoisotopic (exact) mass is 498 g/mol. The number of sulfone groups is 1. The van der Waals surface area contributed by atoms with Crippen LogP contribution in [0.25, 0.3) is 5.69 Å². The molecule has 0 bridgehead atoms. The van der Waals surface area contributed by atoms with Crippen molar-refractivity contribution in [2.45, 2.75) is 37.2 Å². The quantitative estimate of drug-likeness (QED) is 0.499. The third-order valence-corrected chi connectivity index (χ3v) is 6.39. The Hall–Kier alpha value is -3.05. The van der Waals surface area contributed by atoms with Gasteiger partial charge >= 0.3 is 6.09 Å². The first-order valence-corrected chi connectivity index (χ1v) is 11.5. The van der Waals surface area contributed by atoms with Crippen LogP contribution in [0.2, 0.25) is 5.15 Å². The molecule has 1 aromatic carbocycles. The van der Waals surface area contributed by atoms with Gasteiger partial charge in [0.25, 0.3) is 0 Å². The van der Waals surface area contributed by atoms with E-state index in [0.717, 1.165) is 27.9 Å². The molecule has 0 radical (unpaired) electrons. The molecule has 176 valence electrons. The summed E-state index contributed by atoms with van der Waals surface area (Å²) < 4.78 is 55.8. The van der Waals surface area contributed by atoms with Crippen molar-refractivity contribution >= 4 is 27.5 Å². The van der Waals surface area contributed by atoms with Crippen molar-refractivity contribution in [2.24, 2.45) is 5.41 Å². The summed E-state index contributed by atoms with van der Waals surface area (Å²) in [5.41, 5.74) is -0.801. The van der Waals surface area contributed by atoms with Gasteiger partial charge in [0.15, 0.2) is 16.7 Å². The van der Waals surface area contributed by atoms with E-state index in [2.05, 4.69) is 10.1 Å². The lowest BCUT2D eigenvalue weighted by molar-refractivity contribution is 0.122. The van der Waals surface area contributed by atoms with E-state index < -0.39 is 38.3 Å². The number of hydrogen-bond acceptors (Lipinski definition) is 5. The number of carbonyl (C=O) groups is 1. The van der Waals surface area contributed by atoms with Gasteiger partial charge in [-0.1, -0.05) is 38.4 Å². The van der Waals surface area contributed by atoms with Gasteiger partial charge in [0, 0.05) is 18.8 Å². The van der Waals surface area contributed by atoms with Crippen molar-refractivity contribution in [3.8, 4) is 5.69 Å². The summed E-state index contributed by atoms with van der Waals surface area (Å²) in [4.78, 5) is 16.3. The third-order valence-electron chi connectivity index (χ3n) is 4.46. The predicted octanol–water partition coefficient (Wildman–Crippen LogP) is 4.56. The molecule has 0 unspecified atom stereocenters. The van der Waals surface area contributed by atoms with Gasteiger partial charge in [-0.3, -0.25) is 0 Å². The molecule has 0 fully saturated rings. The fourth-order valence-corrected chi connectivity index (χ4v) is 4.56. The SMILES string of the molecule is CC(C)(C)CN(Cc1cc(S(=O)(=O)c2ccc(Cl)nc2)n(-c2cccc(F)c2F)n1)C(=O)O. The molecule has 1 N–H and O–H groups in total. The Labute approximate surface area is 194 Å². The number of aromatic nitrogens is 3. The van der Waals surface area contributed by atoms with Crippen LogP contribution >= 0.6 is 11.6 Å². The summed E-state index contributed by atoms with van der Waals surface area (Å²) in [5.74, 6) is -2.50. The first kappa shape index (κ1) is 24.6. The molecule has 0 spiro atoms. The van der Waals surface area contributed by atoms with Gasteiger partial charge in [-0.05, 0) is 29.7 Å². The van der Waals surface area contributed by atoms with Gasteiger partial charge in [0.2, 0.25) is 9.84 Å². The minimum absolute atomic E-state index is 0.0332. The largest absolute Gasteiger partial charge is 0.465 e. The van der Waals surface area contributed by atoms with E-state index in [9.17, 15) is 27.1 Å². The Bertz CT molecular complexity index is 1290. The van der Waals surface area contributed by atoms with E-state index in [1.807, 2.05) is 20.8 Å². The van der Waals surface area contributed by atoms with Crippen LogP contribution in [0.4, 0.5) is 13.6 Å². The molecule has 0 aliphatic heterocycles. The molecule has 0 aliphatic rings. The topological polar surface area (TPSA) is 105 Å². The Morgan fingerprint density at radius 2 is 1.91 bits per heavy atom. The van der Waals surface area contributed by atoms with Crippen molar-refractivity contribution in [1.29, 1.82) is 0 Å². The summed E-state index contributed by atoms with van der Waals surface area (Å²) >= 11 is 5.74. The van der Waals surface area contributed by atoms with Crippen LogP contribution in [0.15, 0.2) is 52.5 Å². The van der Waals surface area contributed by atoms with Crippen LogP contribution in [0.5, 0.6) is 0 Å². The number of halogens is 3. The van der Waals surface area contributed by atoms with Gasteiger partial charge in [0.05, 0.1) is 17.1 Å². The number of benzene rings is 1. The number of carboxylic acid groups (broad SMARTS) is 1. The summed E-state index contributed by atoms with van der Waals surface area (Å²) in [6.07, 6.45) is -0.206. The zero-order chi connectivity index (χ0) is 24.6. The average Bonchev–Trinajstić information content (AvgIpc) is 3.13. The number of hydrogen-bond donors (Lipinski definition) is 1. The Morgan fingerprint density at radius 1 is 1.21 bits per heavy atom. The van der Waals surface area contributed by atoms with Gasteiger partial charge in [-0.15, -0.1) is 0 Å². The van der Waals surface area contributed by atoms with E-state index in [1.54, 1.807) is 0 Å². The third kappa shape index (κ3) is 5.48. The lowest BCUT2D eigenvalue weighted by atomic mass is 9.96. The number of amides is 1. The second kappa shape index (κ2) is 9.06. The molecule has 0 saturated heterocycles. The van der Waals surface area contributed by atoms with Crippen molar-refractivity contribution in [3.05, 3.63) is 65.1 Å². The van der Waals surface area contributed by atoms with Crippen molar-refractivity contribution < 1.29 is 27.1 Å². The van der Waals surface area contributed by atoms with E-state index >= 15 is 0 Å². The molecule has 3 rings (SSSR count). The van der Waals surface area contributed by atoms with Crippen LogP contribution in [0, 0.1) is 17.0 Å². The number of rotatable bonds is 6. The Kier molecular flexibility index (Phi) is 6.75.